The second kappa shape index (κ2) is 12.5. The average molecular weight is 834 g/mol. The van der Waals surface area contributed by atoms with Crippen molar-refractivity contribution in [1.29, 1.82) is 0 Å². The third kappa shape index (κ3) is 4.49. The minimum absolute atomic E-state index is 0.588. The Hall–Kier alpha value is -8.19. The second-order valence-electron chi connectivity index (χ2n) is 17.0. The van der Waals surface area contributed by atoms with Gasteiger partial charge in [-0.15, -0.1) is 11.3 Å². The number of para-hydroxylation sites is 1. The van der Waals surface area contributed by atoms with Gasteiger partial charge in [0.1, 0.15) is 22.3 Å². The van der Waals surface area contributed by atoms with E-state index >= 15 is 0 Å². The van der Waals surface area contributed by atoms with E-state index in [0.717, 1.165) is 60.6 Å². The number of aromatic nitrogens is 3. The number of benzene rings is 9. The third-order valence-corrected chi connectivity index (χ3v) is 14.9. The van der Waals surface area contributed by atoms with Crippen LogP contribution >= 0.6 is 11.3 Å². The van der Waals surface area contributed by atoms with Crippen molar-refractivity contribution in [3.8, 4) is 56.4 Å². The minimum Gasteiger partial charge on any atom is -0.456 e. The van der Waals surface area contributed by atoms with Gasteiger partial charge in [-0.05, 0) is 93.0 Å². The molecular weight excluding hydrogens is 803 g/mol. The summed E-state index contributed by atoms with van der Waals surface area (Å²) in [7, 11) is 0. The van der Waals surface area contributed by atoms with Gasteiger partial charge in [0.25, 0.3) is 0 Å². The molecule has 9 aromatic carbocycles. The molecule has 4 aromatic heterocycles. The fraction of sp³-hybridized carbons (Fsp3) is 0.0172. The van der Waals surface area contributed by atoms with Crippen molar-refractivity contribution in [2.45, 2.75) is 5.41 Å². The van der Waals surface area contributed by atoms with E-state index in [2.05, 4.69) is 152 Å². The predicted octanol–water partition coefficient (Wildman–Crippen LogP) is 15.4. The molecule has 0 fully saturated rings. The maximum Gasteiger partial charge on any atom is 0.164 e. The summed E-state index contributed by atoms with van der Waals surface area (Å²) in [5.74, 6) is 1.84. The Morgan fingerprint density at radius 3 is 1.75 bits per heavy atom. The lowest BCUT2D eigenvalue weighted by Crippen LogP contribution is -2.26. The van der Waals surface area contributed by atoms with Gasteiger partial charge in [0.05, 0.1) is 5.41 Å². The Morgan fingerprint density at radius 2 is 0.953 bits per heavy atom. The number of thiophene rings is 1. The van der Waals surface area contributed by atoms with E-state index < -0.39 is 5.41 Å². The van der Waals surface area contributed by atoms with E-state index in [9.17, 15) is 0 Å². The molecule has 2 aliphatic rings. The van der Waals surface area contributed by atoms with Gasteiger partial charge in [0, 0.05) is 58.4 Å². The molecule has 0 N–H and O–H groups in total. The molecular formula is C58H31N3O2S. The molecule has 64 heavy (non-hydrogen) atoms. The van der Waals surface area contributed by atoms with Gasteiger partial charge < -0.3 is 8.83 Å². The van der Waals surface area contributed by atoms with E-state index in [-0.39, 0.29) is 0 Å². The SMILES string of the molecule is c1ccc(-c2nc(-c3ccc4c(c3)oc3ccc5c(c34)C3(c4ccccc4-c4ccccc43)c3cc4oc6ccccc6c4cc3-5)nc(-c3ccc4c(c3)sc3ccccc34)n2)cc1. The van der Waals surface area contributed by atoms with Crippen LogP contribution in [0.25, 0.3) is 120 Å². The molecule has 0 atom stereocenters. The Labute approximate surface area is 369 Å². The van der Waals surface area contributed by atoms with Gasteiger partial charge in [-0.1, -0.05) is 140 Å². The highest BCUT2D eigenvalue weighted by Gasteiger charge is 2.53. The molecule has 6 heteroatoms. The van der Waals surface area contributed by atoms with Crippen LogP contribution in [0.5, 0.6) is 0 Å². The van der Waals surface area contributed by atoms with E-state index in [4.69, 9.17) is 23.8 Å². The summed E-state index contributed by atoms with van der Waals surface area (Å²) in [6, 6.07) is 67.0. The van der Waals surface area contributed by atoms with Crippen molar-refractivity contribution in [3.63, 3.8) is 0 Å². The fourth-order valence-electron chi connectivity index (χ4n) is 11.1. The Balaban J connectivity index is 0.968. The second-order valence-corrected chi connectivity index (χ2v) is 18.1. The summed E-state index contributed by atoms with van der Waals surface area (Å²) in [5.41, 5.74) is 15.5. The first-order valence-electron chi connectivity index (χ1n) is 21.6. The van der Waals surface area contributed by atoms with Crippen molar-refractivity contribution in [2.24, 2.45) is 0 Å². The number of furan rings is 2. The maximum atomic E-state index is 6.96. The number of hydrogen-bond acceptors (Lipinski definition) is 6. The average Bonchev–Trinajstić information content (AvgIpc) is 4.15. The molecule has 0 amide bonds. The molecule has 4 heterocycles. The van der Waals surface area contributed by atoms with Crippen LogP contribution < -0.4 is 0 Å². The van der Waals surface area contributed by atoms with E-state index in [1.54, 1.807) is 11.3 Å². The maximum absolute atomic E-state index is 6.96. The molecule has 13 aromatic rings. The molecule has 2 aliphatic carbocycles. The van der Waals surface area contributed by atoms with E-state index in [1.165, 1.54) is 64.7 Å². The van der Waals surface area contributed by atoms with Gasteiger partial charge in [0.2, 0.25) is 0 Å². The molecule has 296 valence electrons. The molecule has 1 spiro atoms. The highest BCUT2D eigenvalue weighted by molar-refractivity contribution is 7.25. The van der Waals surface area contributed by atoms with Crippen molar-refractivity contribution in [3.05, 3.63) is 210 Å². The largest absolute Gasteiger partial charge is 0.456 e. The number of hydrogen-bond donors (Lipinski definition) is 0. The first-order valence-corrected chi connectivity index (χ1v) is 22.4. The Bertz CT molecular complexity index is 4110. The van der Waals surface area contributed by atoms with Crippen LogP contribution in [-0.4, -0.2) is 15.0 Å². The molecule has 0 unspecified atom stereocenters. The smallest absolute Gasteiger partial charge is 0.164 e. The van der Waals surface area contributed by atoms with Crippen molar-refractivity contribution in [2.75, 3.05) is 0 Å². The monoisotopic (exact) mass is 833 g/mol. The lowest BCUT2D eigenvalue weighted by Gasteiger charge is -2.31. The quantitative estimate of drug-likeness (QED) is 0.177. The number of nitrogens with zero attached hydrogens (tertiary/aromatic N) is 3. The molecule has 0 aliphatic heterocycles. The summed E-state index contributed by atoms with van der Waals surface area (Å²) in [6.07, 6.45) is 0. The highest BCUT2D eigenvalue weighted by atomic mass is 32.1. The lowest BCUT2D eigenvalue weighted by atomic mass is 9.69. The molecule has 0 bridgehead atoms. The Kier molecular flexibility index (Phi) is 6.70. The van der Waals surface area contributed by atoms with Crippen molar-refractivity contribution >= 4 is 75.4 Å². The van der Waals surface area contributed by atoms with Gasteiger partial charge in [-0.2, -0.15) is 0 Å². The van der Waals surface area contributed by atoms with Crippen LogP contribution in [-0.2, 0) is 5.41 Å². The topological polar surface area (TPSA) is 65.0 Å². The molecule has 5 nitrogen and oxygen atoms in total. The van der Waals surface area contributed by atoms with Gasteiger partial charge in [0.15, 0.2) is 17.5 Å². The van der Waals surface area contributed by atoms with Crippen LogP contribution in [0, 0.1) is 0 Å². The zero-order valence-corrected chi connectivity index (χ0v) is 34.8. The lowest BCUT2D eigenvalue weighted by molar-refractivity contribution is 0.666. The summed E-state index contributed by atoms with van der Waals surface area (Å²) >= 11 is 1.79. The van der Waals surface area contributed by atoms with Gasteiger partial charge in [-0.25, -0.2) is 15.0 Å². The van der Waals surface area contributed by atoms with E-state index in [0.29, 0.717) is 17.5 Å². The van der Waals surface area contributed by atoms with Gasteiger partial charge in [-0.3, -0.25) is 0 Å². The predicted molar refractivity (Wildman–Crippen MR) is 260 cm³/mol. The minimum atomic E-state index is -0.608. The summed E-state index contributed by atoms with van der Waals surface area (Å²) in [5, 5.41) is 6.90. The van der Waals surface area contributed by atoms with E-state index in [1.807, 2.05) is 36.4 Å². The zero-order chi connectivity index (χ0) is 41.7. The fourth-order valence-corrected chi connectivity index (χ4v) is 12.2. The summed E-state index contributed by atoms with van der Waals surface area (Å²) < 4.78 is 16.0. The molecule has 0 saturated heterocycles. The van der Waals surface area contributed by atoms with Crippen LogP contribution in [0.15, 0.2) is 197 Å². The number of rotatable bonds is 3. The highest BCUT2D eigenvalue weighted by Crippen LogP contribution is 2.65. The first-order chi connectivity index (χ1) is 31.7. The summed E-state index contributed by atoms with van der Waals surface area (Å²) in [4.78, 5) is 15.4. The third-order valence-electron chi connectivity index (χ3n) is 13.7. The van der Waals surface area contributed by atoms with Crippen molar-refractivity contribution < 1.29 is 8.83 Å². The van der Waals surface area contributed by atoms with Gasteiger partial charge >= 0.3 is 0 Å². The number of fused-ring (bicyclic) bond motifs is 20. The molecule has 15 rings (SSSR count). The standard InChI is InChI=1S/C58H31N3O2S/c1-2-12-32(13-3-1)55-59-56(61-57(60-55)34-22-24-39-38-17-7-11-21-51(38)64-52(39)29-34)33-23-25-41-49(28-33)63-48-27-26-40-42-30-43-37-16-6-10-20-47(37)62-50(43)31-46(42)58(54(40)53(41)48)44-18-8-4-14-35(44)36-15-5-9-19-45(36)58/h1-31H. The Morgan fingerprint density at radius 1 is 0.344 bits per heavy atom. The van der Waals surface area contributed by atoms with Crippen LogP contribution in [0.4, 0.5) is 0 Å². The van der Waals surface area contributed by atoms with Crippen molar-refractivity contribution in [1.82, 2.24) is 15.0 Å². The van der Waals surface area contributed by atoms with Crippen LogP contribution in [0.2, 0.25) is 0 Å². The normalized spacial score (nSPS) is 13.4. The molecule has 0 radical (unpaired) electrons. The molecule has 0 saturated carbocycles. The first kappa shape index (κ1) is 34.4. The zero-order valence-electron chi connectivity index (χ0n) is 34.0. The van der Waals surface area contributed by atoms with Crippen LogP contribution in [0.1, 0.15) is 22.3 Å². The van der Waals surface area contributed by atoms with Crippen LogP contribution in [0.3, 0.4) is 0 Å². The summed E-state index contributed by atoms with van der Waals surface area (Å²) in [6.45, 7) is 0.